The number of aliphatic hydroxyl groups is 1. The van der Waals surface area contributed by atoms with E-state index in [1.54, 1.807) is 39.8 Å². The van der Waals surface area contributed by atoms with E-state index < -0.39 is 0 Å². The van der Waals surface area contributed by atoms with Crippen molar-refractivity contribution < 1.29 is 33.7 Å². The maximum Gasteiger partial charge on any atom is 0.272 e. The van der Waals surface area contributed by atoms with Crippen LogP contribution in [0.2, 0.25) is 0 Å². The maximum absolute atomic E-state index is 12.3. The number of ether oxygens (including phenoxy) is 3. The summed E-state index contributed by atoms with van der Waals surface area (Å²) in [7, 11) is 0. The lowest BCUT2D eigenvalue weighted by Gasteiger charge is -2.10. The normalized spacial score (nSPS) is 12.4. The molecule has 0 amide bonds. The Hall–Kier alpha value is -2.57. The molecule has 0 radical (unpaired) electrons. The Bertz CT molecular complexity index is 704. The standard InChI is InChI=1S/C28H46O7/c1-5-26(33-20-14-8-11-17-23(4)29)24(30)18-12-9-15-21-34-27(6-2)25(31)19-13-10-16-22-35-28(32)7-3/h5-7,32H,8-22H2,1-4H3/b26-5?,27-6?,28-7+. The van der Waals surface area contributed by atoms with Crippen LogP contribution in [0.5, 0.6) is 0 Å². The van der Waals surface area contributed by atoms with Crippen LogP contribution in [0, 0.1) is 0 Å². The Labute approximate surface area is 211 Å². The Morgan fingerprint density at radius 3 is 1.34 bits per heavy atom. The third-order valence-corrected chi connectivity index (χ3v) is 5.36. The fourth-order valence-electron chi connectivity index (χ4n) is 3.30. The second kappa shape index (κ2) is 21.9. The number of carbonyl (C=O) groups excluding carboxylic acids is 3. The van der Waals surface area contributed by atoms with Crippen LogP contribution in [0.4, 0.5) is 0 Å². The number of aliphatic hydroxyl groups excluding tert-OH is 1. The van der Waals surface area contributed by atoms with E-state index in [1.165, 1.54) is 6.08 Å². The number of Topliss-reactive ketones (excluding diaryl/α,β-unsaturated/α-hetero) is 3. The van der Waals surface area contributed by atoms with Crippen LogP contribution in [0.1, 0.15) is 105 Å². The average molecular weight is 495 g/mol. The minimum Gasteiger partial charge on any atom is -0.490 e. The number of hydrogen-bond donors (Lipinski definition) is 1. The van der Waals surface area contributed by atoms with Gasteiger partial charge in [0.2, 0.25) is 0 Å². The number of rotatable bonds is 23. The molecule has 200 valence electrons. The molecule has 0 saturated carbocycles. The highest BCUT2D eigenvalue weighted by Gasteiger charge is 2.11. The van der Waals surface area contributed by atoms with Gasteiger partial charge < -0.3 is 24.1 Å². The Kier molecular flexibility index (Phi) is 20.3. The summed E-state index contributed by atoms with van der Waals surface area (Å²) in [4.78, 5) is 35.6. The van der Waals surface area contributed by atoms with Crippen LogP contribution < -0.4 is 0 Å². The van der Waals surface area contributed by atoms with Crippen LogP contribution in [-0.4, -0.2) is 42.3 Å². The van der Waals surface area contributed by atoms with Gasteiger partial charge in [0.1, 0.15) is 5.78 Å². The van der Waals surface area contributed by atoms with Gasteiger partial charge in [-0.3, -0.25) is 9.59 Å². The molecule has 7 nitrogen and oxygen atoms in total. The second-order valence-corrected chi connectivity index (χ2v) is 8.46. The summed E-state index contributed by atoms with van der Waals surface area (Å²) in [6, 6.07) is 0. The number of ketones is 3. The molecule has 0 aromatic heterocycles. The highest BCUT2D eigenvalue weighted by molar-refractivity contribution is 5.93. The predicted molar refractivity (Wildman–Crippen MR) is 138 cm³/mol. The summed E-state index contributed by atoms with van der Waals surface area (Å²) in [5.41, 5.74) is 0. The van der Waals surface area contributed by atoms with E-state index in [1.807, 2.05) is 0 Å². The van der Waals surface area contributed by atoms with E-state index in [4.69, 9.17) is 14.2 Å². The molecular formula is C28H46O7. The molecular weight excluding hydrogens is 448 g/mol. The first-order valence-electron chi connectivity index (χ1n) is 13.0. The van der Waals surface area contributed by atoms with Crippen molar-refractivity contribution >= 4 is 17.3 Å². The second-order valence-electron chi connectivity index (χ2n) is 8.46. The molecule has 0 atom stereocenters. The molecule has 0 aliphatic heterocycles. The first-order valence-corrected chi connectivity index (χ1v) is 13.0. The monoisotopic (exact) mass is 494 g/mol. The zero-order valence-electron chi connectivity index (χ0n) is 22.2. The highest BCUT2D eigenvalue weighted by atomic mass is 16.6. The molecule has 0 saturated heterocycles. The number of carbonyl (C=O) groups is 3. The van der Waals surface area contributed by atoms with Gasteiger partial charge in [-0.1, -0.05) is 0 Å². The van der Waals surface area contributed by atoms with Crippen LogP contribution in [0.3, 0.4) is 0 Å². The highest BCUT2D eigenvalue weighted by Crippen LogP contribution is 2.12. The number of hydrogen-bond acceptors (Lipinski definition) is 7. The zero-order valence-corrected chi connectivity index (χ0v) is 22.2. The first kappa shape index (κ1) is 32.4. The summed E-state index contributed by atoms with van der Waals surface area (Å²) in [6.45, 7) is 8.26. The third-order valence-electron chi connectivity index (χ3n) is 5.36. The summed E-state index contributed by atoms with van der Waals surface area (Å²) in [6.07, 6.45) is 13.7. The molecule has 0 bridgehead atoms. The van der Waals surface area contributed by atoms with Crippen LogP contribution >= 0.6 is 0 Å². The van der Waals surface area contributed by atoms with Crippen molar-refractivity contribution in [1.29, 1.82) is 0 Å². The molecule has 7 heteroatoms. The minimum absolute atomic E-state index is 0.00364. The van der Waals surface area contributed by atoms with Gasteiger partial charge >= 0.3 is 0 Å². The van der Waals surface area contributed by atoms with E-state index in [-0.39, 0.29) is 23.3 Å². The molecule has 0 rings (SSSR count). The van der Waals surface area contributed by atoms with Crippen molar-refractivity contribution in [3.8, 4) is 0 Å². The number of unbranched alkanes of at least 4 members (excludes halogenated alkanes) is 6. The maximum atomic E-state index is 12.3. The van der Waals surface area contributed by atoms with Crippen LogP contribution in [-0.2, 0) is 28.6 Å². The molecule has 0 aliphatic rings. The van der Waals surface area contributed by atoms with Gasteiger partial charge in [0, 0.05) is 19.3 Å². The smallest absolute Gasteiger partial charge is 0.272 e. The van der Waals surface area contributed by atoms with E-state index in [2.05, 4.69) is 0 Å². The largest absolute Gasteiger partial charge is 0.490 e. The van der Waals surface area contributed by atoms with Gasteiger partial charge in [0.15, 0.2) is 23.1 Å². The van der Waals surface area contributed by atoms with E-state index in [0.29, 0.717) is 50.6 Å². The van der Waals surface area contributed by atoms with E-state index >= 15 is 0 Å². The van der Waals surface area contributed by atoms with Crippen molar-refractivity contribution in [3.63, 3.8) is 0 Å². The van der Waals surface area contributed by atoms with Crippen molar-refractivity contribution in [1.82, 2.24) is 0 Å². The predicted octanol–water partition coefficient (Wildman–Crippen LogP) is 6.67. The molecule has 0 heterocycles. The van der Waals surface area contributed by atoms with Crippen LogP contribution in [0.15, 0.2) is 35.7 Å². The Morgan fingerprint density at radius 2 is 0.971 bits per heavy atom. The Morgan fingerprint density at radius 1 is 0.571 bits per heavy atom. The summed E-state index contributed by atoms with van der Waals surface area (Å²) >= 11 is 0. The van der Waals surface area contributed by atoms with Gasteiger partial charge in [0.05, 0.1) is 19.8 Å². The molecule has 0 fully saturated rings. The molecule has 35 heavy (non-hydrogen) atoms. The van der Waals surface area contributed by atoms with Gasteiger partial charge in [0.25, 0.3) is 5.95 Å². The number of allylic oxidation sites excluding steroid dienone is 5. The zero-order chi connectivity index (χ0) is 26.3. The quantitative estimate of drug-likeness (QED) is 0.0961. The lowest BCUT2D eigenvalue weighted by atomic mass is 10.1. The average Bonchev–Trinajstić information content (AvgIpc) is 2.84. The van der Waals surface area contributed by atoms with Crippen molar-refractivity contribution in [2.75, 3.05) is 19.8 Å². The fraction of sp³-hybridized carbons (Fsp3) is 0.679. The summed E-state index contributed by atoms with van der Waals surface area (Å²) in [5, 5.41) is 9.20. The van der Waals surface area contributed by atoms with Crippen molar-refractivity contribution in [2.24, 2.45) is 0 Å². The summed E-state index contributed by atoms with van der Waals surface area (Å²) < 4.78 is 16.4. The summed E-state index contributed by atoms with van der Waals surface area (Å²) in [5.74, 6) is 0.953. The van der Waals surface area contributed by atoms with Gasteiger partial charge in [-0.2, -0.15) is 0 Å². The molecule has 0 aromatic rings. The SMILES string of the molecule is CC=C(OCCCCCC(C)=O)C(=O)CCCCCOC(=CC)C(=O)CCCCCO/C(O)=C/C. The fourth-order valence-corrected chi connectivity index (χ4v) is 3.30. The third kappa shape index (κ3) is 18.4. The van der Waals surface area contributed by atoms with E-state index in [9.17, 15) is 19.5 Å². The lowest BCUT2D eigenvalue weighted by Crippen LogP contribution is -2.09. The topological polar surface area (TPSA) is 99.1 Å². The van der Waals surface area contributed by atoms with Crippen molar-refractivity contribution in [3.05, 3.63) is 35.7 Å². The first-order chi connectivity index (χ1) is 16.8. The van der Waals surface area contributed by atoms with Gasteiger partial charge in [-0.05, 0) is 104 Å². The van der Waals surface area contributed by atoms with Gasteiger partial charge in [-0.25, -0.2) is 0 Å². The lowest BCUT2D eigenvalue weighted by molar-refractivity contribution is -0.119. The van der Waals surface area contributed by atoms with Crippen molar-refractivity contribution in [2.45, 2.75) is 105 Å². The molecule has 0 spiro atoms. The molecule has 0 unspecified atom stereocenters. The Balaban J connectivity index is 3.91. The molecule has 1 N–H and O–H groups in total. The van der Waals surface area contributed by atoms with Crippen LogP contribution in [0.25, 0.3) is 0 Å². The van der Waals surface area contributed by atoms with Gasteiger partial charge in [-0.15, -0.1) is 0 Å². The molecule has 0 aliphatic carbocycles. The minimum atomic E-state index is -0.0701. The van der Waals surface area contributed by atoms with E-state index in [0.717, 1.165) is 57.8 Å². The molecule has 0 aromatic carbocycles.